The highest BCUT2D eigenvalue weighted by atomic mass is 35.5. The van der Waals surface area contributed by atoms with Crippen LogP contribution in [0.25, 0.3) is 16.3 Å². The number of halogens is 2. The van der Waals surface area contributed by atoms with Gasteiger partial charge in [0.1, 0.15) is 11.5 Å². The lowest BCUT2D eigenvalue weighted by Gasteiger charge is -2.10. The molecule has 0 spiro atoms. The van der Waals surface area contributed by atoms with Crippen LogP contribution >= 0.6 is 34.5 Å². The first-order chi connectivity index (χ1) is 11.6. The molecule has 0 saturated heterocycles. The van der Waals surface area contributed by atoms with E-state index in [1.54, 1.807) is 17.4 Å². The number of anilines is 1. The maximum atomic E-state index is 6.44. The molecular formula is C18H17Cl2N3S. The summed E-state index contributed by atoms with van der Waals surface area (Å²) in [5, 5.41) is 11.9. The molecule has 1 N–H and O–H groups in total. The number of nitrogens with zero attached hydrogens (tertiary/aromatic N) is 2. The number of aryl methyl sites for hydroxylation is 1. The van der Waals surface area contributed by atoms with E-state index in [1.807, 2.05) is 16.8 Å². The largest absolute Gasteiger partial charge is 0.370 e. The molecule has 3 heterocycles. The van der Waals surface area contributed by atoms with Crippen molar-refractivity contribution >= 4 is 40.4 Å². The van der Waals surface area contributed by atoms with Crippen molar-refractivity contribution in [1.29, 1.82) is 0 Å². The molecule has 0 radical (unpaired) electrons. The van der Waals surface area contributed by atoms with E-state index in [0.29, 0.717) is 10.0 Å². The Kier molecular flexibility index (Phi) is 4.29. The second-order valence-electron chi connectivity index (χ2n) is 6.06. The summed E-state index contributed by atoms with van der Waals surface area (Å²) in [5.74, 6) is 1.05. The molecule has 124 valence electrons. The van der Waals surface area contributed by atoms with Crippen molar-refractivity contribution in [2.45, 2.75) is 26.2 Å². The first-order valence-corrected chi connectivity index (χ1v) is 9.64. The molecule has 24 heavy (non-hydrogen) atoms. The first kappa shape index (κ1) is 16.0. The normalized spacial score (nSPS) is 14.1. The molecule has 0 amide bonds. The molecule has 4 rings (SSSR count). The highest BCUT2D eigenvalue weighted by molar-refractivity contribution is 7.13. The van der Waals surface area contributed by atoms with Crippen LogP contribution in [0.2, 0.25) is 10.0 Å². The third kappa shape index (κ3) is 2.83. The minimum atomic E-state index is 0.604. The Hall–Kier alpha value is -1.49. The second-order valence-corrected chi connectivity index (χ2v) is 7.81. The maximum Gasteiger partial charge on any atom is 0.133 e. The number of hydrogen-bond donors (Lipinski definition) is 1. The van der Waals surface area contributed by atoms with Crippen LogP contribution in [0.15, 0.2) is 29.6 Å². The van der Waals surface area contributed by atoms with Gasteiger partial charge in [-0.1, -0.05) is 23.2 Å². The molecule has 6 heteroatoms. The van der Waals surface area contributed by atoms with Gasteiger partial charge in [-0.15, -0.1) is 11.3 Å². The minimum absolute atomic E-state index is 0.604. The third-order valence-electron chi connectivity index (χ3n) is 4.23. The van der Waals surface area contributed by atoms with Gasteiger partial charge in [-0.2, -0.15) is 5.10 Å². The summed E-state index contributed by atoms with van der Waals surface area (Å²) in [7, 11) is 0. The Morgan fingerprint density at radius 2 is 2.08 bits per heavy atom. The van der Waals surface area contributed by atoms with Crippen molar-refractivity contribution in [2.75, 3.05) is 11.9 Å². The highest BCUT2D eigenvalue weighted by Gasteiger charge is 2.23. The van der Waals surface area contributed by atoms with Crippen molar-refractivity contribution in [3.05, 3.63) is 50.8 Å². The predicted octanol–water partition coefficient (Wildman–Crippen LogP) is 5.96. The molecule has 0 fully saturated rings. The minimum Gasteiger partial charge on any atom is -0.370 e. The lowest BCUT2D eigenvalue weighted by atomic mass is 10.1. The molecule has 1 aromatic carbocycles. The highest BCUT2D eigenvalue weighted by Crippen LogP contribution is 2.38. The van der Waals surface area contributed by atoms with Crippen LogP contribution in [0.1, 0.15) is 24.0 Å². The van der Waals surface area contributed by atoms with Gasteiger partial charge in [-0.3, -0.25) is 0 Å². The maximum absolute atomic E-state index is 6.44. The average molecular weight is 378 g/mol. The zero-order valence-electron chi connectivity index (χ0n) is 13.3. The monoisotopic (exact) mass is 377 g/mol. The summed E-state index contributed by atoms with van der Waals surface area (Å²) in [6.45, 7) is 3.07. The molecular weight excluding hydrogens is 361 g/mol. The van der Waals surface area contributed by atoms with Crippen LogP contribution in [0.3, 0.4) is 0 Å². The Morgan fingerprint density at radius 1 is 1.21 bits per heavy atom. The predicted molar refractivity (Wildman–Crippen MR) is 103 cm³/mol. The summed E-state index contributed by atoms with van der Waals surface area (Å²) < 4.78 is 1.93. The number of hydrogen-bond acceptors (Lipinski definition) is 3. The standard InChI is InChI=1S/C18H17Cl2N3S/c1-11-8-16(24-10-11)17-13-4-2-3-7-21-18(13)23(22-17)15-6-5-12(19)9-14(15)20/h5-6,8-10,21H,2-4,7H2,1H3. The molecule has 1 aliphatic heterocycles. The van der Waals surface area contributed by atoms with Crippen molar-refractivity contribution in [2.24, 2.45) is 0 Å². The number of fused-ring (bicyclic) bond motifs is 1. The summed E-state index contributed by atoms with van der Waals surface area (Å²) in [6.07, 6.45) is 3.35. The van der Waals surface area contributed by atoms with Crippen molar-refractivity contribution in [3.8, 4) is 16.3 Å². The van der Waals surface area contributed by atoms with Crippen LogP contribution in [-0.4, -0.2) is 16.3 Å². The topological polar surface area (TPSA) is 29.9 Å². The van der Waals surface area contributed by atoms with Gasteiger partial charge in [0, 0.05) is 17.1 Å². The molecule has 3 nitrogen and oxygen atoms in total. The quantitative estimate of drug-likeness (QED) is 0.596. The third-order valence-corrected chi connectivity index (χ3v) is 5.82. The molecule has 1 aliphatic rings. The lowest BCUT2D eigenvalue weighted by Crippen LogP contribution is -2.07. The molecule has 3 aromatic rings. The number of rotatable bonds is 2. The van der Waals surface area contributed by atoms with E-state index in [2.05, 4.69) is 23.7 Å². The average Bonchev–Trinajstić information content (AvgIpc) is 3.03. The number of thiophene rings is 1. The van der Waals surface area contributed by atoms with E-state index in [0.717, 1.165) is 43.0 Å². The Bertz CT molecular complexity index is 898. The van der Waals surface area contributed by atoms with E-state index < -0.39 is 0 Å². The van der Waals surface area contributed by atoms with Gasteiger partial charge in [0.05, 0.1) is 15.6 Å². The Balaban J connectivity index is 1.92. The second kappa shape index (κ2) is 6.43. The molecule has 2 aromatic heterocycles. The molecule has 0 saturated carbocycles. The lowest BCUT2D eigenvalue weighted by molar-refractivity contribution is 0.780. The van der Waals surface area contributed by atoms with Crippen molar-refractivity contribution < 1.29 is 0 Å². The van der Waals surface area contributed by atoms with Gasteiger partial charge in [-0.05, 0) is 61.4 Å². The Morgan fingerprint density at radius 3 is 2.83 bits per heavy atom. The van der Waals surface area contributed by atoms with Crippen LogP contribution in [0, 0.1) is 6.92 Å². The molecule has 0 aliphatic carbocycles. The first-order valence-electron chi connectivity index (χ1n) is 8.00. The fourth-order valence-corrected chi connectivity index (χ4v) is 4.48. The van der Waals surface area contributed by atoms with Crippen LogP contribution < -0.4 is 5.32 Å². The van der Waals surface area contributed by atoms with Crippen LogP contribution in [-0.2, 0) is 6.42 Å². The Labute approximate surface area is 155 Å². The number of aromatic nitrogens is 2. The summed E-state index contributed by atoms with van der Waals surface area (Å²) in [6, 6.07) is 7.74. The van der Waals surface area contributed by atoms with Crippen molar-refractivity contribution in [1.82, 2.24) is 9.78 Å². The van der Waals surface area contributed by atoms with Crippen molar-refractivity contribution in [3.63, 3.8) is 0 Å². The molecule has 0 bridgehead atoms. The fraction of sp³-hybridized carbons (Fsp3) is 0.278. The summed E-state index contributed by atoms with van der Waals surface area (Å²) in [5.41, 5.74) is 4.46. The van der Waals surface area contributed by atoms with Crippen LogP contribution in [0.5, 0.6) is 0 Å². The van der Waals surface area contributed by atoms with Gasteiger partial charge in [0.2, 0.25) is 0 Å². The van der Waals surface area contributed by atoms with Gasteiger partial charge in [-0.25, -0.2) is 4.68 Å². The number of benzene rings is 1. The summed E-state index contributed by atoms with van der Waals surface area (Å²) >= 11 is 14.2. The molecule has 0 atom stereocenters. The smallest absolute Gasteiger partial charge is 0.133 e. The van der Waals surface area contributed by atoms with E-state index >= 15 is 0 Å². The SMILES string of the molecule is Cc1csc(-c2nn(-c3ccc(Cl)cc3Cl)c3c2CCCCN3)c1. The zero-order valence-corrected chi connectivity index (χ0v) is 15.6. The van der Waals surface area contributed by atoms with Gasteiger partial charge >= 0.3 is 0 Å². The molecule has 0 unspecified atom stereocenters. The van der Waals surface area contributed by atoms with Crippen LogP contribution in [0.4, 0.5) is 5.82 Å². The van der Waals surface area contributed by atoms with E-state index in [-0.39, 0.29) is 0 Å². The van der Waals surface area contributed by atoms with Gasteiger partial charge in [0.25, 0.3) is 0 Å². The van der Waals surface area contributed by atoms with E-state index in [4.69, 9.17) is 28.3 Å². The zero-order chi connectivity index (χ0) is 16.7. The van der Waals surface area contributed by atoms with E-state index in [9.17, 15) is 0 Å². The fourth-order valence-electron chi connectivity index (χ4n) is 3.08. The van der Waals surface area contributed by atoms with Gasteiger partial charge < -0.3 is 5.32 Å². The summed E-state index contributed by atoms with van der Waals surface area (Å²) in [4.78, 5) is 1.20. The van der Waals surface area contributed by atoms with E-state index in [1.165, 1.54) is 16.0 Å². The van der Waals surface area contributed by atoms with Gasteiger partial charge in [0.15, 0.2) is 0 Å². The number of nitrogens with one attached hydrogen (secondary N) is 1.